The van der Waals surface area contributed by atoms with E-state index in [0.29, 0.717) is 0 Å². The molecule has 0 aliphatic carbocycles. The van der Waals surface area contributed by atoms with Crippen LogP contribution in [0.2, 0.25) is 0 Å². The second kappa shape index (κ2) is 9.33. The van der Waals surface area contributed by atoms with E-state index >= 15 is 0 Å². The second-order valence-corrected chi connectivity index (χ2v) is 7.64. The van der Waals surface area contributed by atoms with E-state index in [0.717, 1.165) is 21.3 Å². The molecule has 8 nitrogen and oxygen atoms in total. The van der Waals surface area contributed by atoms with Gasteiger partial charge in [0.2, 0.25) is 0 Å². The Labute approximate surface area is 194 Å². The molecule has 0 aliphatic rings. The lowest BCUT2D eigenvalue weighted by Gasteiger charge is -2.29. The van der Waals surface area contributed by atoms with Gasteiger partial charge in [-0.3, -0.25) is 9.13 Å². The van der Waals surface area contributed by atoms with Crippen molar-refractivity contribution in [2.24, 2.45) is 0 Å². The van der Waals surface area contributed by atoms with Crippen LogP contribution in [0.25, 0.3) is 5.69 Å². The number of halogens is 5. The fraction of sp³-hybridized carbons (Fsp3) is 0.227. The molecule has 13 heteroatoms. The predicted octanol–water partition coefficient (Wildman–Crippen LogP) is 3.19. The van der Waals surface area contributed by atoms with Crippen molar-refractivity contribution in [3.05, 3.63) is 95.4 Å². The Morgan fingerprint density at radius 3 is 2.37 bits per heavy atom. The van der Waals surface area contributed by atoms with Crippen LogP contribution >= 0.6 is 0 Å². The molecule has 0 bridgehead atoms. The summed E-state index contributed by atoms with van der Waals surface area (Å²) in [6.45, 7) is -0.572. The van der Waals surface area contributed by atoms with Crippen molar-refractivity contribution in [2.75, 3.05) is 0 Å². The SMILES string of the molecule is O=c1n(C[C@](O)(Cn2cncn2)c2ccccc2F)ccn1-c1ccc(OC(F)(F)C(F)F)cc1. The van der Waals surface area contributed by atoms with Gasteiger partial charge in [-0.1, -0.05) is 18.2 Å². The largest absolute Gasteiger partial charge is 0.461 e. The standard InChI is InChI=1S/C22H18F5N5O3/c23-18-4-2-1-3-17(18)21(34,12-31-14-28-13-29-31)11-30-9-10-32(20(30)33)15-5-7-16(8-6-15)35-22(26,27)19(24)25/h1-10,13-14,19,34H,11-12H2/t21-/m0/s1. The van der Waals surface area contributed by atoms with Crippen LogP contribution in [0, 0.1) is 5.82 Å². The van der Waals surface area contributed by atoms with Gasteiger partial charge < -0.3 is 9.84 Å². The quantitative estimate of drug-likeness (QED) is 0.361. The first kappa shape index (κ1) is 24.1. The summed E-state index contributed by atoms with van der Waals surface area (Å²) >= 11 is 0. The third-order valence-corrected chi connectivity index (χ3v) is 5.17. The second-order valence-electron chi connectivity index (χ2n) is 7.64. The van der Waals surface area contributed by atoms with Crippen molar-refractivity contribution in [1.29, 1.82) is 0 Å². The maximum Gasteiger partial charge on any atom is 0.461 e. The first-order valence-electron chi connectivity index (χ1n) is 10.1. The molecule has 0 saturated heterocycles. The average Bonchev–Trinajstić information content (AvgIpc) is 3.44. The molecule has 1 atom stereocenters. The van der Waals surface area contributed by atoms with Crippen LogP contribution in [0.3, 0.4) is 0 Å². The Bertz CT molecular complexity index is 1340. The van der Waals surface area contributed by atoms with Crippen LogP contribution in [0.4, 0.5) is 22.0 Å². The molecule has 2 aromatic heterocycles. The van der Waals surface area contributed by atoms with Crippen LogP contribution < -0.4 is 10.4 Å². The van der Waals surface area contributed by atoms with E-state index in [9.17, 15) is 31.9 Å². The summed E-state index contributed by atoms with van der Waals surface area (Å²) in [7, 11) is 0. The summed E-state index contributed by atoms with van der Waals surface area (Å²) in [5.74, 6) is -1.20. The zero-order chi connectivity index (χ0) is 25.2. The smallest absolute Gasteiger partial charge is 0.428 e. The Kier molecular flexibility index (Phi) is 6.43. The molecule has 0 fully saturated rings. The van der Waals surface area contributed by atoms with Gasteiger partial charge in [-0.2, -0.15) is 22.7 Å². The number of ether oxygens (including phenoxy) is 1. The zero-order valence-corrected chi connectivity index (χ0v) is 17.8. The molecule has 0 radical (unpaired) electrons. The lowest BCUT2D eigenvalue weighted by atomic mass is 9.93. The van der Waals surface area contributed by atoms with E-state index in [4.69, 9.17) is 0 Å². The summed E-state index contributed by atoms with van der Waals surface area (Å²) in [6, 6.07) is 10.0. The summed E-state index contributed by atoms with van der Waals surface area (Å²) in [5.41, 5.74) is -2.37. The molecule has 184 valence electrons. The number of hydrogen-bond acceptors (Lipinski definition) is 5. The maximum absolute atomic E-state index is 14.6. The van der Waals surface area contributed by atoms with Crippen molar-refractivity contribution in [3.8, 4) is 11.4 Å². The number of nitrogens with zero attached hydrogens (tertiary/aromatic N) is 5. The molecule has 0 spiro atoms. The normalized spacial score (nSPS) is 13.7. The molecule has 4 aromatic rings. The van der Waals surface area contributed by atoms with E-state index < -0.39 is 35.4 Å². The number of aliphatic hydroxyl groups is 1. The summed E-state index contributed by atoms with van der Waals surface area (Å²) in [6.07, 6.45) is -3.39. The van der Waals surface area contributed by atoms with Gasteiger partial charge in [0, 0.05) is 18.0 Å². The summed E-state index contributed by atoms with van der Waals surface area (Å²) < 4.78 is 73.0. The highest BCUT2D eigenvalue weighted by molar-refractivity contribution is 5.37. The van der Waals surface area contributed by atoms with E-state index in [2.05, 4.69) is 14.8 Å². The molecule has 2 aromatic carbocycles. The lowest BCUT2D eigenvalue weighted by Crippen LogP contribution is -2.40. The number of alkyl halides is 4. The van der Waals surface area contributed by atoms with E-state index in [1.165, 1.54) is 60.1 Å². The number of imidazole rings is 1. The number of benzene rings is 2. The van der Waals surface area contributed by atoms with Gasteiger partial charge in [0.15, 0.2) is 0 Å². The molecule has 0 saturated carbocycles. The minimum Gasteiger partial charge on any atom is -0.428 e. The molecule has 0 aliphatic heterocycles. The molecule has 4 rings (SSSR count). The predicted molar refractivity (Wildman–Crippen MR) is 112 cm³/mol. The van der Waals surface area contributed by atoms with Gasteiger partial charge in [-0.05, 0) is 30.3 Å². The van der Waals surface area contributed by atoms with Gasteiger partial charge in [-0.15, -0.1) is 0 Å². The molecule has 1 N–H and O–H groups in total. The highest BCUT2D eigenvalue weighted by Gasteiger charge is 2.44. The first-order chi connectivity index (χ1) is 16.6. The number of aromatic nitrogens is 5. The lowest BCUT2D eigenvalue weighted by molar-refractivity contribution is -0.253. The van der Waals surface area contributed by atoms with E-state index in [1.807, 2.05) is 0 Å². The number of rotatable bonds is 9. The molecule has 0 unspecified atom stereocenters. The van der Waals surface area contributed by atoms with Crippen LogP contribution in [0.1, 0.15) is 5.56 Å². The van der Waals surface area contributed by atoms with Crippen molar-refractivity contribution >= 4 is 0 Å². The Balaban J connectivity index is 1.62. The first-order valence-corrected chi connectivity index (χ1v) is 10.1. The highest BCUT2D eigenvalue weighted by Crippen LogP contribution is 2.29. The fourth-order valence-corrected chi connectivity index (χ4v) is 3.53. The minimum absolute atomic E-state index is 0.0587. The average molecular weight is 495 g/mol. The molecule has 35 heavy (non-hydrogen) atoms. The molecular formula is C22H18F5N5O3. The third-order valence-electron chi connectivity index (χ3n) is 5.17. The van der Waals surface area contributed by atoms with Crippen LogP contribution in [0.15, 0.2) is 78.4 Å². The molecule has 2 heterocycles. The van der Waals surface area contributed by atoms with Crippen LogP contribution in [-0.4, -0.2) is 41.5 Å². The van der Waals surface area contributed by atoms with Crippen molar-refractivity contribution < 1.29 is 31.8 Å². The summed E-state index contributed by atoms with van der Waals surface area (Å²) in [5, 5.41) is 15.4. The van der Waals surface area contributed by atoms with Gasteiger partial charge in [-0.25, -0.2) is 18.9 Å². The summed E-state index contributed by atoms with van der Waals surface area (Å²) in [4.78, 5) is 16.8. The number of hydrogen-bond donors (Lipinski definition) is 1. The zero-order valence-electron chi connectivity index (χ0n) is 17.8. The van der Waals surface area contributed by atoms with Crippen molar-refractivity contribution in [2.45, 2.75) is 31.2 Å². The van der Waals surface area contributed by atoms with Gasteiger partial charge in [0.1, 0.15) is 29.8 Å². The van der Waals surface area contributed by atoms with Crippen LogP contribution in [-0.2, 0) is 18.7 Å². The van der Waals surface area contributed by atoms with Gasteiger partial charge in [0.05, 0.1) is 18.8 Å². The minimum atomic E-state index is -4.66. The van der Waals surface area contributed by atoms with Crippen molar-refractivity contribution in [3.63, 3.8) is 0 Å². The Morgan fingerprint density at radius 1 is 1.03 bits per heavy atom. The highest BCUT2D eigenvalue weighted by atomic mass is 19.3. The molecule has 0 amide bonds. The maximum atomic E-state index is 14.6. The fourth-order valence-electron chi connectivity index (χ4n) is 3.53. The Hall–Kier alpha value is -4.00. The Morgan fingerprint density at radius 2 is 1.74 bits per heavy atom. The van der Waals surface area contributed by atoms with E-state index in [1.54, 1.807) is 6.07 Å². The topological polar surface area (TPSA) is 87.1 Å². The third kappa shape index (κ3) is 5.09. The van der Waals surface area contributed by atoms with Gasteiger partial charge >= 0.3 is 18.2 Å². The van der Waals surface area contributed by atoms with Crippen molar-refractivity contribution in [1.82, 2.24) is 23.9 Å². The van der Waals surface area contributed by atoms with Gasteiger partial charge in [0.25, 0.3) is 0 Å². The monoisotopic (exact) mass is 495 g/mol. The van der Waals surface area contributed by atoms with Crippen LogP contribution in [0.5, 0.6) is 5.75 Å². The van der Waals surface area contributed by atoms with E-state index in [-0.39, 0.29) is 24.3 Å². The molecular weight excluding hydrogens is 477 g/mol.